The van der Waals surface area contributed by atoms with Gasteiger partial charge in [-0.05, 0) is 57.9 Å². The Morgan fingerprint density at radius 3 is 2.40 bits per heavy atom. The van der Waals surface area contributed by atoms with Crippen LogP contribution in [0, 0.1) is 5.92 Å². The lowest BCUT2D eigenvalue weighted by molar-refractivity contribution is -0.141. The summed E-state index contributed by atoms with van der Waals surface area (Å²) in [5.74, 6) is -4.47. The van der Waals surface area contributed by atoms with Gasteiger partial charge in [-0.3, -0.25) is 58.4 Å². The molecule has 83 heavy (non-hydrogen) atoms. The van der Waals surface area contributed by atoms with Gasteiger partial charge in [-0.1, -0.05) is 21.6 Å². The number of imide groups is 1. The van der Waals surface area contributed by atoms with E-state index in [0.29, 0.717) is 70.8 Å². The van der Waals surface area contributed by atoms with Gasteiger partial charge in [-0.25, -0.2) is 25.0 Å². The van der Waals surface area contributed by atoms with Gasteiger partial charge in [0.1, 0.15) is 12.6 Å². The zero-order chi connectivity index (χ0) is 59.9. The Balaban J connectivity index is 0.710. The fourth-order valence-corrected chi connectivity index (χ4v) is 12.4. The van der Waals surface area contributed by atoms with Crippen LogP contribution in [0.25, 0.3) is 11.2 Å². The highest BCUT2D eigenvalue weighted by Crippen LogP contribution is 2.43. The Kier molecular flexibility index (Phi) is 22.0. The number of carbonyl (C=O) groups excluding carboxylic acids is 9. The molecule has 3 aromatic rings. The number of ketones is 2. The predicted molar refractivity (Wildman–Crippen MR) is 308 cm³/mol. The summed E-state index contributed by atoms with van der Waals surface area (Å²) < 4.78 is 5.11. The number of likely N-dealkylation sites (tertiary alicyclic amines) is 1. The molecule has 0 radical (unpaired) electrons. The van der Waals surface area contributed by atoms with Gasteiger partial charge in [0.25, 0.3) is 11.5 Å². The highest BCUT2D eigenvalue weighted by Gasteiger charge is 2.53. The molecular formula is C51H64N16O13S3. The molecule has 7 amide bonds. The summed E-state index contributed by atoms with van der Waals surface area (Å²) in [6, 6.07) is 4.85. The van der Waals surface area contributed by atoms with Crippen LogP contribution in [0.5, 0.6) is 0 Å². The van der Waals surface area contributed by atoms with Crippen molar-refractivity contribution in [3.8, 4) is 0 Å². The number of fused-ring (bicyclic) bond motifs is 3. The van der Waals surface area contributed by atoms with Gasteiger partial charge in [-0.2, -0.15) is 10.1 Å². The fraction of sp³-hybridized carbons (Fsp3) is 0.471. The van der Waals surface area contributed by atoms with E-state index in [1.54, 1.807) is 38.1 Å². The Labute approximate surface area is 486 Å². The molecule has 1 aromatic carbocycles. The lowest BCUT2D eigenvalue weighted by Gasteiger charge is -2.25. The van der Waals surface area contributed by atoms with Crippen molar-refractivity contribution in [3.63, 3.8) is 0 Å². The first-order chi connectivity index (χ1) is 39.7. The number of aromatic amines is 1. The number of nitrogens with zero attached hydrogens (tertiary/aromatic N) is 6. The first-order valence-corrected chi connectivity index (χ1v) is 29.9. The van der Waals surface area contributed by atoms with E-state index in [2.05, 4.69) is 62.4 Å². The maximum absolute atomic E-state index is 13.8. The molecule has 13 N–H and O–H groups in total. The number of Topliss-reactive ketones (excluding diaryl/α,β-unsaturated/α-hetero) is 2. The second-order valence-electron chi connectivity index (χ2n) is 19.5. The summed E-state index contributed by atoms with van der Waals surface area (Å²) in [5.41, 5.74) is 15.9. The average molecular weight is 1210 g/mol. The summed E-state index contributed by atoms with van der Waals surface area (Å²) >= 11 is 0.900. The van der Waals surface area contributed by atoms with Crippen molar-refractivity contribution in [1.82, 2.24) is 61.7 Å². The molecule has 1 aliphatic carbocycles. The van der Waals surface area contributed by atoms with Gasteiger partial charge >= 0.3 is 12.1 Å². The molecule has 4 aliphatic rings. The number of nitrogens with one attached hydrogen (secondary N) is 8. The van der Waals surface area contributed by atoms with Crippen molar-refractivity contribution in [2.24, 2.45) is 16.8 Å². The van der Waals surface area contributed by atoms with Crippen LogP contribution in [0.15, 0.2) is 62.9 Å². The second kappa shape index (κ2) is 29.2. The van der Waals surface area contributed by atoms with Crippen LogP contribution in [0.1, 0.15) is 75.3 Å². The van der Waals surface area contributed by atoms with Crippen molar-refractivity contribution in [3.05, 3.63) is 74.6 Å². The van der Waals surface area contributed by atoms with Crippen LogP contribution in [0.3, 0.4) is 0 Å². The molecule has 0 bridgehead atoms. The van der Waals surface area contributed by atoms with Gasteiger partial charge in [0.15, 0.2) is 11.2 Å². The summed E-state index contributed by atoms with van der Waals surface area (Å²) in [6.07, 6.45) is 0.441. The van der Waals surface area contributed by atoms with Crippen LogP contribution in [-0.4, -0.2) is 180 Å². The van der Waals surface area contributed by atoms with E-state index < -0.39 is 64.4 Å². The van der Waals surface area contributed by atoms with Crippen LogP contribution < -0.4 is 54.4 Å². The number of benzene rings is 1. The molecule has 2 fully saturated rings. The number of hydrogen-bond donors (Lipinski definition) is 11. The number of thioether (sulfide) groups is 1. The monoisotopic (exact) mass is 1200 g/mol. The number of ether oxygens (including phenoxy) is 1. The van der Waals surface area contributed by atoms with E-state index in [9.17, 15) is 57.8 Å². The molecular weight excluding hydrogens is 1140 g/mol. The number of primary amides is 1. The fourth-order valence-electron chi connectivity index (χ4n) is 9.37. The number of hydrogen-bond acceptors (Lipinski definition) is 24. The zero-order valence-corrected chi connectivity index (χ0v) is 47.9. The van der Waals surface area contributed by atoms with Gasteiger partial charge in [0.2, 0.25) is 47.1 Å². The Hall–Kier alpha value is -8.10. The molecule has 2 aromatic heterocycles. The molecule has 4 unspecified atom stereocenters. The van der Waals surface area contributed by atoms with E-state index in [4.69, 9.17) is 16.2 Å². The first kappa shape index (κ1) is 62.5. The van der Waals surface area contributed by atoms with Crippen molar-refractivity contribution in [2.75, 3.05) is 67.8 Å². The number of nitrogens with two attached hydrogens (primary N) is 2. The number of aromatic nitrogens is 4. The number of amides is 7. The van der Waals surface area contributed by atoms with E-state index >= 15 is 0 Å². The third-order valence-electron chi connectivity index (χ3n) is 13.6. The molecule has 2 saturated heterocycles. The molecule has 3 aliphatic heterocycles. The van der Waals surface area contributed by atoms with Crippen LogP contribution >= 0.6 is 33.3 Å². The smallest absolute Gasteiger partial charge is 0.404 e. The summed E-state index contributed by atoms with van der Waals surface area (Å²) in [7, 11) is 3.04. The first-order valence-electron chi connectivity index (χ1n) is 26.4. The number of carboxylic acids is 1. The zero-order valence-electron chi connectivity index (χ0n) is 45.5. The molecule has 5 atom stereocenters. The van der Waals surface area contributed by atoms with E-state index in [1.165, 1.54) is 27.8 Å². The molecule has 7 rings (SSSR count). The number of rotatable bonds is 30. The number of H-pyrrole nitrogens is 1. The minimum Gasteiger partial charge on any atom is -0.480 e. The number of hydrazone groups is 1. The van der Waals surface area contributed by atoms with Gasteiger partial charge in [0.05, 0.1) is 47.8 Å². The van der Waals surface area contributed by atoms with Crippen LogP contribution in [-0.2, 0) is 49.6 Å². The molecule has 29 nitrogen and oxygen atoms in total. The molecule has 444 valence electrons. The van der Waals surface area contributed by atoms with Gasteiger partial charge in [0, 0.05) is 109 Å². The van der Waals surface area contributed by atoms with E-state index in [1.807, 2.05) is 11.8 Å². The topological polar surface area (TPSA) is 427 Å². The standard InChI is InChI=1S/C51H64N16O13S3/c1-25(6-11-34(68)54-14-17-82-83-18-15-55-39-26(2)43(72)42-38(44(39)73)31(22-80-51(53)79)41-27(3)59-24-67(41)42)64-65-36(70)12-16-66-37(71)19-33(48(66)76)81-23-32(49(77)78)61-35(69)5-4-13-56-46(74)28-7-9-29(10-8-28)57-20-30-21-58-45-40(60-30)47(75)63-50(52)62-45/h7-10,21,27,31-33,41,55,57,59H,4-6,11-20,22-24H2,1-3H3,(H2,53,79)(H,54,68)(H,56,74)(H,61,69)(H,65,70)(H,77,78)(H3,52,58,62,63,75)/b64-25+/t27?,31?,32-,33?,41?/m0/s1. The number of nitrogen functional groups attached to an aromatic ring is 1. The van der Waals surface area contributed by atoms with Crippen molar-refractivity contribution >= 4 is 121 Å². The third kappa shape index (κ3) is 16.6. The lowest BCUT2D eigenvalue weighted by atomic mass is 9.83. The van der Waals surface area contributed by atoms with Crippen LogP contribution in [0.4, 0.5) is 16.4 Å². The highest BCUT2D eigenvalue weighted by molar-refractivity contribution is 8.76. The minimum atomic E-state index is -1.38. The Morgan fingerprint density at radius 2 is 1.66 bits per heavy atom. The van der Waals surface area contributed by atoms with Gasteiger partial charge in [-0.15, -0.1) is 11.8 Å². The predicted octanol–water partition coefficient (Wildman–Crippen LogP) is -0.378. The molecule has 32 heteroatoms. The summed E-state index contributed by atoms with van der Waals surface area (Å²) in [5, 5.41) is 30.4. The number of allylic oxidation sites excluding steroid dienone is 2. The molecule has 0 spiro atoms. The van der Waals surface area contributed by atoms with Crippen molar-refractivity contribution in [1.29, 1.82) is 0 Å². The SMILES string of the molecule is CC1=C(NCCSSCCNC(=O)CC/C(C)=N/NC(=O)CCN2C(=O)CC(SC[C@H](NC(=O)CCCNC(=O)c3ccc(NCc4cnc5nc(N)[nH]c(=O)c5n4)cc3)C(=O)O)C2=O)C(=O)C2=C(C1=O)N1CNC(C)C1C2COC(N)=O. The molecule has 5 heterocycles. The minimum absolute atomic E-state index is 0.0454. The average Bonchev–Trinajstić information content (AvgIpc) is 1.83. The maximum atomic E-state index is 13.8. The molecule has 0 saturated carbocycles. The number of aliphatic carboxylic acids is 1. The Bertz CT molecular complexity index is 3190. The normalized spacial score (nSPS) is 19.0. The third-order valence-corrected chi connectivity index (χ3v) is 17.3. The van der Waals surface area contributed by atoms with Crippen LogP contribution in [0.2, 0.25) is 0 Å². The summed E-state index contributed by atoms with van der Waals surface area (Å²) in [6.45, 7) is 6.33. The largest absolute Gasteiger partial charge is 0.480 e. The number of carbonyl (C=O) groups is 10. The van der Waals surface area contributed by atoms with E-state index in [0.717, 1.165) is 16.7 Å². The van der Waals surface area contributed by atoms with E-state index in [-0.39, 0.29) is 123 Å². The van der Waals surface area contributed by atoms with Crippen molar-refractivity contribution in [2.45, 2.75) is 89.2 Å². The Morgan fingerprint density at radius 1 is 0.916 bits per heavy atom. The second-order valence-corrected chi connectivity index (χ2v) is 23.4. The number of anilines is 2. The summed E-state index contributed by atoms with van der Waals surface area (Å²) in [4.78, 5) is 157. The van der Waals surface area contributed by atoms with Crippen molar-refractivity contribution < 1.29 is 57.8 Å². The number of carboxylic acid groups (broad SMARTS) is 1. The quantitative estimate of drug-likeness (QED) is 0.0101. The van der Waals surface area contributed by atoms with Gasteiger partial charge < -0.3 is 52.8 Å². The highest BCUT2D eigenvalue weighted by atomic mass is 33.1. The maximum Gasteiger partial charge on any atom is 0.404 e. The lowest BCUT2D eigenvalue weighted by Crippen LogP contribution is -2.43.